The van der Waals surface area contributed by atoms with E-state index in [9.17, 15) is 0 Å². The van der Waals surface area contributed by atoms with Gasteiger partial charge in [-0.3, -0.25) is 0 Å². The van der Waals surface area contributed by atoms with Gasteiger partial charge < -0.3 is 9.84 Å². The minimum absolute atomic E-state index is 0.304. The van der Waals surface area contributed by atoms with E-state index in [4.69, 9.17) is 9.84 Å². The molecule has 2 heteroatoms. The molecule has 0 aromatic carbocycles. The fourth-order valence-corrected chi connectivity index (χ4v) is 0.534. The Kier molecular flexibility index (Phi) is 1.14. The Balaban J connectivity index is 2.45. The number of epoxide rings is 1. The zero-order valence-electron chi connectivity index (χ0n) is 4.92. The summed E-state index contributed by atoms with van der Waals surface area (Å²) in [7, 11) is 0. The van der Waals surface area contributed by atoms with Crippen molar-refractivity contribution in [2.75, 3.05) is 6.61 Å². The molecule has 0 aromatic rings. The van der Waals surface area contributed by atoms with Gasteiger partial charge in [-0.2, -0.15) is 0 Å². The van der Waals surface area contributed by atoms with Crippen molar-refractivity contribution in [1.82, 2.24) is 0 Å². The predicted molar refractivity (Wildman–Crippen MR) is 30.6 cm³/mol. The largest absolute Gasteiger partial charge is 0.386 e. The first-order chi connectivity index (χ1) is 3.69. The van der Waals surface area contributed by atoms with Gasteiger partial charge in [0.25, 0.3) is 0 Å². The van der Waals surface area contributed by atoms with Gasteiger partial charge in [0.1, 0.15) is 11.7 Å². The number of aliphatic hydroxyl groups excluding tert-OH is 1. The van der Waals surface area contributed by atoms with Crippen LogP contribution in [0.1, 0.15) is 6.92 Å². The molecule has 1 rings (SSSR count). The number of hydrogen-bond donors (Lipinski definition) is 1. The quantitative estimate of drug-likeness (QED) is 0.414. The van der Waals surface area contributed by atoms with Crippen LogP contribution in [0.15, 0.2) is 12.7 Å². The van der Waals surface area contributed by atoms with E-state index in [0.717, 1.165) is 0 Å². The van der Waals surface area contributed by atoms with E-state index in [2.05, 4.69) is 6.58 Å². The Morgan fingerprint density at radius 2 is 2.50 bits per heavy atom. The Bertz CT molecular complexity index is 105. The summed E-state index contributed by atoms with van der Waals surface area (Å²) < 4.78 is 4.93. The maximum atomic E-state index is 9.01. The van der Waals surface area contributed by atoms with E-state index < -0.39 is 6.10 Å². The third-order valence-corrected chi connectivity index (χ3v) is 1.45. The van der Waals surface area contributed by atoms with Crippen molar-refractivity contribution in [3.05, 3.63) is 12.7 Å². The van der Waals surface area contributed by atoms with E-state index in [1.165, 1.54) is 6.08 Å². The molecule has 0 radical (unpaired) electrons. The molecule has 0 aliphatic carbocycles. The topological polar surface area (TPSA) is 32.8 Å². The second-order valence-electron chi connectivity index (χ2n) is 2.28. The maximum absolute atomic E-state index is 9.01. The van der Waals surface area contributed by atoms with Gasteiger partial charge in [0.05, 0.1) is 6.61 Å². The summed E-state index contributed by atoms with van der Waals surface area (Å²) in [6.45, 7) is 5.95. The number of ether oxygens (including phenoxy) is 1. The Hall–Kier alpha value is -0.340. The molecule has 1 fully saturated rings. The highest BCUT2D eigenvalue weighted by molar-refractivity contribution is 5.02. The van der Waals surface area contributed by atoms with Crippen LogP contribution in [0.4, 0.5) is 0 Å². The first kappa shape index (κ1) is 5.79. The minimum Gasteiger partial charge on any atom is -0.386 e. The summed E-state index contributed by atoms with van der Waals surface area (Å²) in [5, 5.41) is 9.01. The molecule has 0 spiro atoms. The minimum atomic E-state index is -0.498. The first-order valence-electron chi connectivity index (χ1n) is 2.63. The van der Waals surface area contributed by atoms with Gasteiger partial charge in [0, 0.05) is 0 Å². The van der Waals surface area contributed by atoms with E-state index in [0.29, 0.717) is 6.61 Å². The second kappa shape index (κ2) is 1.57. The third kappa shape index (κ3) is 0.767. The van der Waals surface area contributed by atoms with E-state index in [-0.39, 0.29) is 5.60 Å². The lowest BCUT2D eigenvalue weighted by atomic mass is 10.1. The third-order valence-electron chi connectivity index (χ3n) is 1.45. The molecule has 1 aliphatic rings. The van der Waals surface area contributed by atoms with Crippen molar-refractivity contribution in [1.29, 1.82) is 0 Å². The standard InChI is InChI=1S/C6H10O2/c1-3-5(7)6(2)4-8-6/h3,5,7H,1,4H2,2H3/t5?,6-/m1/s1. The molecule has 0 saturated carbocycles. The smallest absolute Gasteiger partial charge is 0.118 e. The summed E-state index contributed by atoms with van der Waals surface area (Å²) in [6.07, 6.45) is 0.995. The predicted octanol–water partition coefficient (Wildman–Crippen LogP) is 0.322. The molecule has 2 atom stereocenters. The molecule has 0 amide bonds. The van der Waals surface area contributed by atoms with Crippen molar-refractivity contribution in [2.24, 2.45) is 0 Å². The van der Waals surface area contributed by atoms with Gasteiger partial charge in [0.2, 0.25) is 0 Å². The number of rotatable bonds is 2. The molecule has 1 saturated heterocycles. The van der Waals surface area contributed by atoms with Crippen LogP contribution < -0.4 is 0 Å². The van der Waals surface area contributed by atoms with Crippen molar-refractivity contribution in [3.8, 4) is 0 Å². The Morgan fingerprint density at radius 1 is 2.00 bits per heavy atom. The lowest BCUT2D eigenvalue weighted by Crippen LogP contribution is -2.23. The van der Waals surface area contributed by atoms with Gasteiger partial charge in [0.15, 0.2) is 0 Å². The molecule has 0 aromatic heterocycles. The Morgan fingerprint density at radius 3 is 2.62 bits per heavy atom. The van der Waals surface area contributed by atoms with E-state index in [1.54, 1.807) is 0 Å². The average Bonchev–Trinajstić information content (AvgIpc) is 2.47. The highest BCUT2D eigenvalue weighted by Crippen LogP contribution is 2.30. The van der Waals surface area contributed by atoms with Gasteiger partial charge in [-0.05, 0) is 6.92 Å². The molecule has 8 heavy (non-hydrogen) atoms. The van der Waals surface area contributed by atoms with Crippen LogP contribution >= 0.6 is 0 Å². The summed E-state index contributed by atoms with van der Waals surface area (Å²) in [5.41, 5.74) is -0.304. The van der Waals surface area contributed by atoms with Gasteiger partial charge in [-0.15, -0.1) is 6.58 Å². The molecule has 2 nitrogen and oxygen atoms in total. The molecular weight excluding hydrogens is 104 g/mol. The van der Waals surface area contributed by atoms with Crippen LogP contribution in [0.25, 0.3) is 0 Å². The van der Waals surface area contributed by atoms with Crippen molar-refractivity contribution in [3.63, 3.8) is 0 Å². The first-order valence-corrected chi connectivity index (χ1v) is 2.63. The molecule has 46 valence electrons. The molecule has 1 unspecified atom stereocenters. The fourth-order valence-electron chi connectivity index (χ4n) is 0.534. The van der Waals surface area contributed by atoms with Crippen LogP contribution in [-0.4, -0.2) is 23.4 Å². The molecule has 1 aliphatic heterocycles. The van der Waals surface area contributed by atoms with Crippen molar-refractivity contribution < 1.29 is 9.84 Å². The second-order valence-corrected chi connectivity index (χ2v) is 2.28. The van der Waals surface area contributed by atoms with Crippen molar-refractivity contribution in [2.45, 2.75) is 18.6 Å². The monoisotopic (exact) mass is 114 g/mol. The fraction of sp³-hybridized carbons (Fsp3) is 0.667. The molecule has 1 heterocycles. The molecule has 0 bridgehead atoms. The van der Waals surface area contributed by atoms with E-state index >= 15 is 0 Å². The van der Waals surface area contributed by atoms with Gasteiger partial charge in [-0.1, -0.05) is 6.08 Å². The zero-order chi connectivity index (χ0) is 6.20. The summed E-state index contributed by atoms with van der Waals surface area (Å²) in [6, 6.07) is 0. The van der Waals surface area contributed by atoms with E-state index in [1.807, 2.05) is 6.92 Å². The van der Waals surface area contributed by atoms with Crippen LogP contribution in [0.3, 0.4) is 0 Å². The maximum Gasteiger partial charge on any atom is 0.118 e. The Labute approximate surface area is 48.8 Å². The van der Waals surface area contributed by atoms with Crippen molar-refractivity contribution >= 4 is 0 Å². The number of aliphatic hydroxyl groups is 1. The number of hydrogen-bond acceptors (Lipinski definition) is 2. The van der Waals surface area contributed by atoms with Crippen LogP contribution in [-0.2, 0) is 4.74 Å². The highest BCUT2D eigenvalue weighted by Gasteiger charge is 2.44. The summed E-state index contributed by atoms with van der Waals surface area (Å²) in [4.78, 5) is 0. The zero-order valence-corrected chi connectivity index (χ0v) is 4.92. The van der Waals surface area contributed by atoms with Crippen LogP contribution in [0.2, 0.25) is 0 Å². The van der Waals surface area contributed by atoms with Crippen LogP contribution in [0, 0.1) is 0 Å². The highest BCUT2D eigenvalue weighted by atomic mass is 16.6. The summed E-state index contributed by atoms with van der Waals surface area (Å²) in [5.74, 6) is 0. The molecule has 1 N–H and O–H groups in total. The average molecular weight is 114 g/mol. The SMILES string of the molecule is C=CC(O)[C@@]1(C)CO1. The normalized spacial score (nSPS) is 38.8. The van der Waals surface area contributed by atoms with Gasteiger partial charge >= 0.3 is 0 Å². The summed E-state index contributed by atoms with van der Waals surface area (Å²) >= 11 is 0. The lowest BCUT2D eigenvalue weighted by molar-refractivity contribution is 0.124. The van der Waals surface area contributed by atoms with Crippen LogP contribution in [0.5, 0.6) is 0 Å². The molecular formula is C6H10O2. The lowest BCUT2D eigenvalue weighted by Gasteiger charge is -2.07. The van der Waals surface area contributed by atoms with Gasteiger partial charge in [-0.25, -0.2) is 0 Å².